The highest BCUT2D eigenvalue weighted by atomic mass is 32.2. The number of β-amino-alcohol motifs (C(OH)–C–C–N with tert-alkyl or cyclic N) is 1. The van der Waals surface area contributed by atoms with Crippen LogP contribution in [0.5, 0.6) is 0 Å². The number of nitrogens with zero attached hydrogens (tertiary/aromatic N) is 1. The van der Waals surface area contributed by atoms with Gasteiger partial charge in [0.1, 0.15) is 0 Å². The van der Waals surface area contributed by atoms with E-state index in [1.165, 1.54) is 0 Å². The topological polar surface area (TPSA) is 61.5 Å². The number of thioether (sulfide) groups is 1. The Morgan fingerprint density at radius 2 is 2.07 bits per heavy atom. The summed E-state index contributed by atoms with van der Waals surface area (Å²) in [5.41, 5.74) is 5.64. The van der Waals surface area contributed by atoms with Gasteiger partial charge in [0.25, 0.3) is 0 Å². The molecular weight excluding hydrogens is 210 g/mol. The van der Waals surface area contributed by atoms with Crippen LogP contribution in [0.4, 0.5) is 0 Å². The molecular formula is C10H23N3OS. The normalized spacial score (nSPS) is 22.6. The Hall–Kier alpha value is 0.190. The summed E-state index contributed by atoms with van der Waals surface area (Å²) in [7, 11) is 0. The van der Waals surface area contributed by atoms with E-state index in [1.807, 2.05) is 6.92 Å². The molecule has 0 aromatic heterocycles. The fourth-order valence-electron chi connectivity index (χ4n) is 1.63. The summed E-state index contributed by atoms with van der Waals surface area (Å²) in [5, 5.41) is 13.1. The van der Waals surface area contributed by atoms with Gasteiger partial charge in [-0.1, -0.05) is 0 Å². The lowest BCUT2D eigenvalue weighted by atomic mass is 10.3. The largest absolute Gasteiger partial charge is 0.391 e. The van der Waals surface area contributed by atoms with Gasteiger partial charge in [-0.15, -0.1) is 0 Å². The number of hydrogen-bond donors (Lipinski definition) is 3. The number of piperazine rings is 1. The molecule has 2 atom stereocenters. The Labute approximate surface area is 96.6 Å². The molecule has 1 heterocycles. The van der Waals surface area contributed by atoms with Gasteiger partial charge in [0.15, 0.2) is 0 Å². The van der Waals surface area contributed by atoms with Gasteiger partial charge in [-0.2, -0.15) is 11.8 Å². The standard InChI is InChI=1S/C10H23N3OS/c1-9(11)7-15-8-10(14)6-13-4-2-12-3-5-13/h9-10,12,14H,2-8,11H2,1H3. The second-order valence-electron chi connectivity index (χ2n) is 4.22. The number of nitrogens with one attached hydrogen (secondary N) is 1. The zero-order valence-electron chi connectivity index (χ0n) is 9.48. The molecule has 1 aliphatic rings. The lowest BCUT2D eigenvalue weighted by molar-refractivity contribution is 0.121. The van der Waals surface area contributed by atoms with Crippen LogP contribution in [0.15, 0.2) is 0 Å². The minimum absolute atomic E-state index is 0.216. The van der Waals surface area contributed by atoms with Crippen LogP contribution in [0.2, 0.25) is 0 Å². The first-order valence-electron chi connectivity index (χ1n) is 5.63. The van der Waals surface area contributed by atoms with Crippen molar-refractivity contribution in [3.05, 3.63) is 0 Å². The molecule has 4 N–H and O–H groups in total. The average molecular weight is 233 g/mol. The Bertz CT molecular complexity index is 163. The minimum atomic E-state index is -0.216. The highest BCUT2D eigenvalue weighted by molar-refractivity contribution is 7.99. The van der Waals surface area contributed by atoms with Crippen LogP contribution >= 0.6 is 11.8 Å². The lowest BCUT2D eigenvalue weighted by Crippen LogP contribution is -2.46. The lowest BCUT2D eigenvalue weighted by Gasteiger charge is -2.29. The van der Waals surface area contributed by atoms with E-state index >= 15 is 0 Å². The number of rotatable bonds is 6. The summed E-state index contributed by atoms with van der Waals surface area (Å²) in [5.74, 6) is 1.73. The van der Waals surface area contributed by atoms with Gasteiger partial charge in [-0.3, -0.25) is 4.90 Å². The predicted octanol–water partition coefficient (Wildman–Crippen LogP) is -0.667. The molecule has 1 aliphatic heterocycles. The van der Waals surface area contributed by atoms with Gasteiger partial charge >= 0.3 is 0 Å². The van der Waals surface area contributed by atoms with Gasteiger partial charge in [0.05, 0.1) is 6.10 Å². The predicted molar refractivity (Wildman–Crippen MR) is 66.3 cm³/mol. The molecule has 5 heteroatoms. The maximum absolute atomic E-state index is 9.79. The quantitative estimate of drug-likeness (QED) is 0.568. The number of aliphatic hydroxyl groups is 1. The molecule has 0 aliphatic carbocycles. The molecule has 1 saturated heterocycles. The van der Waals surface area contributed by atoms with E-state index in [9.17, 15) is 5.11 Å². The molecule has 0 amide bonds. The van der Waals surface area contributed by atoms with Crippen LogP contribution < -0.4 is 11.1 Å². The summed E-state index contributed by atoms with van der Waals surface area (Å²) >= 11 is 1.74. The van der Waals surface area contributed by atoms with Crippen molar-refractivity contribution < 1.29 is 5.11 Å². The van der Waals surface area contributed by atoms with E-state index < -0.39 is 0 Å². The first-order chi connectivity index (χ1) is 7.18. The van der Waals surface area contributed by atoms with E-state index in [0.717, 1.165) is 44.2 Å². The highest BCUT2D eigenvalue weighted by Gasteiger charge is 2.14. The summed E-state index contributed by atoms with van der Waals surface area (Å²) in [6.45, 7) is 6.98. The SMILES string of the molecule is CC(N)CSCC(O)CN1CCNCC1. The van der Waals surface area contributed by atoms with Crippen LogP contribution in [0.1, 0.15) is 6.92 Å². The van der Waals surface area contributed by atoms with E-state index in [2.05, 4.69) is 10.2 Å². The first-order valence-corrected chi connectivity index (χ1v) is 6.78. The van der Waals surface area contributed by atoms with Crippen LogP contribution in [-0.2, 0) is 0 Å². The summed E-state index contributed by atoms with van der Waals surface area (Å²) in [6.07, 6.45) is -0.216. The van der Waals surface area contributed by atoms with E-state index in [4.69, 9.17) is 5.73 Å². The smallest absolute Gasteiger partial charge is 0.0757 e. The van der Waals surface area contributed by atoms with Crippen LogP contribution in [0.3, 0.4) is 0 Å². The molecule has 0 spiro atoms. The third-order valence-corrected chi connectivity index (χ3v) is 3.75. The minimum Gasteiger partial charge on any atom is -0.391 e. The van der Waals surface area contributed by atoms with Gasteiger partial charge in [0, 0.05) is 50.3 Å². The van der Waals surface area contributed by atoms with Crippen molar-refractivity contribution in [3.63, 3.8) is 0 Å². The third kappa shape index (κ3) is 6.37. The Kier molecular flexibility index (Phi) is 6.59. The molecule has 1 rings (SSSR count). The molecule has 15 heavy (non-hydrogen) atoms. The zero-order chi connectivity index (χ0) is 11.1. The van der Waals surface area contributed by atoms with E-state index in [-0.39, 0.29) is 12.1 Å². The van der Waals surface area contributed by atoms with Crippen LogP contribution in [0, 0.1) is 0 Å². The van der Waals surface area contributed by atoms with Gasteiger partial charge in [-0.05, 0) is 6.92 Å². The molecule has 0 bridgehead atoms. The Morgan fingerprint density at radius 3 is 2.67 bits per heavy atom. The number of nitrogens with two attached hydrogens (primary N) is 1. The van der Waals surface area contributed by atoms with Crippen molar-refractivity contribution in [1.82, 2.24) is 10.2 Å². The fraction of sp³-hybridized carbons (Fsp3) is 1.00. The maximum Gasteiger partial charge on any atom is 0.0757 e. The molecule has 2 unspecified atom stereocenters. The van der Waals surface area contributed by atoms with Crippen molar-refractivity contribution in [3.8, 4) is 0 Å². The van der Waals surface area contributed by atoms with Crippen molar-refractivity contribution >= 4 is 11.8 Å². The first kappa shape index (κ1) is 13.3. The van der Waals surface area contributed by atoms with Crippen molar-refractivity contribution in [2.75, 3.05) is 44.2 Å². The van der Waals surface area contributed by atoms with Crippen molar-refractivity contribution in [2.45, 2.75) is 19.1 Å². The zero-order valence-corrected chi connectivity index (χ0v) is 10.3. The molecule has 4 nitrogen and oxygen atoms in total. The Morgan fingerprint density at radius 1 is 1.40 bits per heavy atom. The van der Waals surface area contributed by atoms with Crippen LogP contribution in [-0.4, -0.2) is 66.4 Å². The molecule has 90 valence electrons. The fourth-order valence-corrected chi connectivity index (χ4v) is 2.52. The van der Waals surface area contributed by atoms with Gasteiger partial charge in [0.2, 0.25) is 0 Å². The molecule has 0 saturated carbocycles. The van der Waals surface area contributed by atoms with Gasteiger partial charge < -0.3 is 16.2 Å². The van der Waals surface area contributed by atoms with Crippen LogP contribution in [0.25, 0.3) is 0 Å². The summed E-state index contributed by atoms with van der Waals surface area (Å²) < 4.78 is 0. The Balaban J connectivity index is 2.03. The number of aliphatic hydroxyl groups excluding tert-OH is 1. The maximum atomic E-state index is 9.79. The average Bonchev–Trinajstić information content (AvgIpc) is 2.18. The monoisotopic (exact) mass is 233 g/mol. The molecule has 0 aromatic rings. The second-order valence-corrected chi connectivity index (χ2v) is 5.29. The highest BCUT2D eigenvalue weighted by Crippen LogP contribution is 2.06. The molecule has 0 radical (unpaired) electrons. The van der Waals surface area contributed by atoms with E-state index in [1.54, 1.807) is 11.8 Å². The van der Waals surface area contributed by atoms with E-state index in [0.29, 0.717) is 0 Å². The van der Waals surface area contributed by atoms with Crippen molar-refractivity contribution in [1.29, 1.82) is 0 Å². The summed E-state index contributed by atoms with van der Waals surface area (Å²) in [4.78, 5) is 2.31. The molecule has 0 aromatic carbocycles. The number of hydrogen-bond acceptors (Lipinski definition) is 5. The third-order valence-electron chi connectivity index (χ3n) is 2.37. The summed E-state index contributed by atoms with van der Waals surface area (Å²) in [6, 6.07) is 0.224. The van der Waals surface area contributed by atoms with Crippen molar-refractivity contribution in [2.24, 2.45) is 5.73 Å². The second kappa shape index (κ2) is 7.46. The molecule has 1 fully saturated rings. The van der Waals surface area contributed by atoms with Gasteiger partial charge in [-0.25, -0.2) is 0 Å².